The number of non-ortho nitro benzene ring substituents is 1. The van der Waals surface area contributed by atoms with Crippen molar-refractivity contribution in [3.63, 3.8) is 0 Å². The topological polar surface area (TPSA) is 133 Å². The molecule has 0 radical (unpaired) electrons. The van der Waals surface area contributed by atoms with E-state index in [0.29, 0.717) is 5.56 Å². The van der Waals surface area contributed by atoms with E-state index in [2.05, 4.69) is 0 Å². The molecule has 1 heterocycles. The summed E-state index contributed by atoms with van der Waals surface area (Å²) in [6.45, 7) is 0.157. The van der Waals surface area contributed by atoms with Gasteiger partial charge in [-0.15, -0.1) is 0 Å². The van der Waals surface area contributed by atoms with Gasteiger partial charge in [0.1, 0.15) is 5.75 Å². The number of thioether (sulfide) groups is 1. The number of ether oxygens (including phenoxy) is 1. The Kier molecular flexibility index (Phi) is 6.58. The van der Waals surface area contributed by atoms with E-state index in [9.17, 15) is 29.8 Å². The molecule has 0 atom stereocenters. The monoisotopic (exact) mass is 527 g/mol. The molecule has 38 heavy (non-hydrogen) atoms. The highest BCUT2D eigenvalue weighted by Gasteiger charge is 2.35. The van der Waals surface area contributed by atoms with Gasteiger partial charge in [-0.2, -0.15) is 0 Å². The Hall–Kier alpha value is -5.03. The molecule has 1 aliphatic heterocycles. The lowest BCUT2D eigenvalue weighted by Gasteiger charge is -2.14. The van der Waals surface area contributed by atoms with E-state index in [4.69, 9.17) is 4.74 Å². The van der Waals surface area contributed by atoms with E-state index in [1.807, 2.05) is 42.5 Å². The number of nitro benzene ring substituents is 2. The molecule has 0 aromatic heterocycles. The first kappa shape index (κ1) is 24.7. The average Bonchev–Trinajstić information content (AvgIpc) is 3.17. The van der Waals surface area contributed by atoms with E-state index >= 15 is 0 Å². The van der Waals surface area contributed by atoms with Crippen LogP contribution in [0.3, 0.4) is 0 Å². The molecule has 0 saturated carbocycles. The summed E-state index contributed by atoms with van der Waals surface area (Å²) in [5, 5.41) is 23.9. The Bertz CT molecular complexity index is 1650. The van der Waals surface area contributed by atoms with E-state index in [1.165, 1.54) is 17.0 Å². The Morgan fingerprint density at radius 2 is 1.61 bits per heavy atom. The van der Waals surface area contributed by atoms with Crippen molar-refractivity contribution in [1.29, 1.82) is 0 Å². The van der Waals surface area contributed by atoms with Crippen LogP contribution >= 0.6 is 11.8 Å². The summed E-state index contributed by atoms with van der Waals surface area (Å²) >= 11 is 0.854. The van der Waals surface area contributed by atoms with Crippen molar-refractivity contribution in [2.45, 2.75) is 6.54 Å². The normalized spacial score (nSPS) is 14.3. The van der Waals surface area contributed by atoms with Gasteiger partial charge in [-0.3, -0.25) is 34.7 Å². The van der Waals surface area contributed by atoms with Crippen molar-refractivity contribution in [1.82, 2.24) is 4.90 Å². The summed E-state index contributed by atoms with van der Waals surface area (Å²) in [6.07, 6.45) is 1.59. The second-order valence-corrected chi connectivity index (χ2v) is 9.24. The van der Waals surface area contributed by atoms with Gasteiger partial charge in [0.15, 0.2) is 0 Å². The van der Waals surface area contributed by atoms with Crippen LogP contribution < -0.4 is 4.74 Å². The fraction of sp³-hybridized carbons (Fsp3) is 0.0370. The molecule has 0 N–H and O–H groups in total. The molecule has 2 amide bonds. The third-order valence-corrected chi connectivity index (χ3v) is 6.75. The second kappa shape index (κ2) is 10.1. The van der Waals surface area contributed by atoms with Crippen molar-refractivity contribution in [2.75, 3.05) is 0 Å². The van der Waals surface area contributed by atoms with Gasteiger partial charge in [0.25, 0.3) is 16.8 Å². The predicted octanol–water partition coefficient (Wildman–Crippen LogP) is 6.69. The smallest absolute Gasteiger partial charge is 0.318 e. The van der Waals surface area contributed by atoms with Gasteiger partial charge >= 0.3 is 5.69 Å². The SMILES string of the molecule is O=C1S/C(=C/c2ccc(Oc3ccc([N+](=O)[O-])cc3[N+](=O)[O-])cc2)C(=O)N1Cc1cccc2ccccc12. The van der Waals surface area contributed by atoms with Crippen LogP contribution in [0.2, 0.25) is 0 Å². The number of rotatable bonds is 7. The number of carbonyl (C=O) groups excluding carboxylic acids is 2. The van der Waals surface area contributed by atoms with Gasteiger partial charge in [-0.1, -0.05) is 54.6 Å². The van der Waals surface area contributed by atoms with Gasteiger partial charge in [-0.05, 0) is 57.9 Å². The molecule has 10 nitrogen and oxygen atoms in total. The molecule has 0 unspecified atom stereocenters. The Balaban J connectivity index is 1.32. The highest BCUT2D eigenvalue weighted by molar-refractivity contribution is 8.18. The van der Waals surface area contributed by atoms with Crippen molar-refractivity contribution < 1.29 is 24.2 Å². The van der Waals surface area contributed by atoms with Crippen LogP contribution in [0.1, 0.15) is 11.1 Å². The number of fused-ring (bicyclic) bond motifs is 1. The zero-order chi connectivity index (χ0) is 26.8. The van der Waals surface area contributed by atoms with Crippen molar-refractivity contribution in [3.05, 3.63) is 121 Å². The van der Waals surface area contributed by atoms with Crippen molar-refractivity contribution in [3.8, 4) is 11.5 Å². The predicted molar refractivity (Wildman–Crippen MR) is 142 cm³/mol. The summed E-state index contributed by atoms with van der Waals surface area (Å²) < 4.78 is 5.57. The highest BCUT2D eigenvalue weighted by Crippen LogP contribution is 2.36. The Morgan fingerprint density at radius 3 is 2.34 bits per heavy atom. The molecule has 1 fully saturated rings. The van der Waals surface area contributed by atoms with E-state index < -0.39 is 27.1 Å². The minimum atomic E-state index is -0.759. The van der Waals surface area contributed by atoms with Crippen LogP contribution in [0.4, 0.5) is 16.2 Å². The zero-order valence-corrected chi connectivity index (χ0v) is 20.3. The summed E-state index contributed by atoms with van der Waals surface area (Å²) in [6, 6.07) is 23.0. The van der Waals surface area contributed by atoms with Crippen LogP contribution in [-0.4, -0.2) is 25.9 Å². The first-order valence-electron chi connectivity index (χ1n) is 11.2. The molecule has 0 spiro atoms. The lowest BCUT2D eigenvalue weighted by Crippen LogP contribution is -2.27. The molecule has 4 aromatic rings. The molecular formula is C27H17N3O7S. The quantitative estimate of drug-likeness (QED) is 0.148. The molecule has 1 saturated heterocycles. The van der Waals surface area contributed by atoms with Gasteiger partial charge in [-0.25, -0.2) is 0 Å². The standard InChI is InChI=1S/C27H17N3O7S/c31-26-25(38-27(32)28(26)16-19-6-3-5-18-4-1-2-7-22(18)19)14-17-8-11-21(12-9-17)37-24-13-10-20(29(33)34)15-23(24)30(35)36/h1-15H,16H2/b25-14+. The van der Waals surface area contributed by atoms with Gasteiger partial charge < -0.3 is 4.74 Å². The van der Waals surface area contributed by atoms with Crippen LogP contribution in [0, 0.1) is 20.2 Å². The number of amides is 2. The first-order chi connectivity index (χ1) is 18.3. The third kappa shape index (κ3) is 4.95. The fourth-order valence-corrected chi connectivity index (χ4v) is 4.83. The average molecular weight is 528 g/mol. The summed E-state index contributed by atoms with van der Waals surface area (Å²) in [5.41, 5.74) is 0.525. The summed E-state index contributed by atoms with van der Waals surface area (Å²) in [7, 11) is 0. The number of imide groups is 1. The third-order valence-electron chi connectivity index (χ3n) is 5.84. The maximum Gasteiger partial charge on any atom is 0.318 e. The number of benzene rings is 4. The highest BCUT2D eigenvalue weighted by atomic mass is 32.2. The molecule has 188 valence electrons. The maximum atomic E-state index is 13.0. The summed E-state index contributed by atoms with van der Waals surface area (Å²) in [5.74, 6) is -0.291. The number of hydrogen-bond acceptors (Lipinski definition) is 8. The Labute approximate surface area is 219 Å². The van der Waals surface area contributed by atoms with Crippen molar-refractivity contribution in [2.24, 2.45) is 0 Å². The summed E-state index contributed by atoms with van der Waals surface area (Å²) in [4.78, 5) is 47.9. The molecule has 11 heteroatoms. The molecule has 1 aliphatic rings. The molecule has 4 aromatic carbocycles. The number of carbonyl (C=O) groups is 2. The van der Waals surface area contributed by atoms with E-state index in [1.54, 1.807) is 18.2 Å². The van der Waals surface area contributed by atoms with Gasteiger partial charge in [0.2, 0.25) is 5.75 Å². The zero-order valence-electron chi connectivity index (χ0n) is 19.5. The molecular weight excluding hydrogens is 510 g/mol. The van der Waals surface area contributed by atoms with Crippen LogP contribution in [0.15, 0.2) is 89.8 Å². The van der Waals surface area contributed by atoms with E-state index in [0.717, 1.165) is 46.3 Å². The second-order valence-electron chi connectivity index (χ2n) is 8.24. The largest absolute Gasteiger partial charge is 0.450 e. The molecule has 5 rings (SSSR count). The van der Waals surface area contributed by atoms with Crippen molar-refractivity contribution >= 4 is 51.1 Å². The minimum absolute atomic E-state index is 0.150. The number of nitro groups is 2. The van der Waals surface area contributed by atoms with Crippen LogP contribution in [0.25, 0.3) is 16.8 Å². The number of hydrogen-bond donors (Lipinski definition) is 0. The lowest BCUT2D eigenvalue weighted by atomic mass is 10.0. The molecule has 0 bridgehead atoms. The van der Waals surface area contributed by atoms with Gasteiger partial charge in [0, 0.05) is 6.07 Å². The van der Waals surface area contributed by atoms with Crippen LogP contribution in [0.5, 0.6) is 11.5 Å². The fourth-order valence-electron chi connectivity index (χ4n) is 4.00. The molecule has 0 aliphatic carbocycles. The van der Waals surface area contributed by atoms with E-state index in [-0.39, 0.29) is 28.2 Å². The minimum Gasteiger partial charge on any atom is -0.450 e. The lowest BCUT2D eigenvalue weighted by molar-refractivity contribution is -0.394. The maximum absolute atomic E-state index is 13.0. The Morgan fingerprint density at radius 1 is 0.868 bits per heavy atom. The van der Waals surface area contributed by atoms with Crippen LogP contribution in [-0.2, 0) is 11.3 Å². The first-order valence-corrected chi connectivity index (χ1v) is 12.0. The number of nitrogens with zero attached hydrogens (tertiary/aromatic N) is 3. The van der Waals surface area contributed by atoms with Gasteiger partial charge in [0.05, 0.1) is 27.4 Å².